The largest absolute Gasteiger partial charge is 0.379 e. The maximum Gasteiger partial charge on any atom is 0.202 e. The quantitative estimate of drug-likeness (QED) is 0.930. The molecule has 0 spiro atoms. The molecule has 1 fully saturated rings. The van der Waals surface area contributed by atoms with Gasteiger partial charge < -0.3 is 10.5 Å². The van der Waals surface area contributed by atoms with Gasteiger partial charge in [-0.05, 0) is 13.0 Å². The highest BCUT2D eigenvalue weighted by Crippen LogP contribution is 2.23. The van der Waals surface area contributed by atoms with Crippen molar-refractivity contribution in [2.45, 2.75) is 13.0 Å². The van der Waals surface area contributed by atoms with Crippen LogP contribution in [0.25, 0.3) is 11.2 Å². The summed E-state index contributed by atoms with van der Waals surface area (Å²) < 4.78 is 7.34. The summed E-state index contributed by atoms with van der Waals surface area (Å²) in [7, 11) is 0. The van der Waals surface area contributed by atoms with Gasteiger partial charge in [-0.2, -0.15) is 0 Å². The van der Waals surface area contributed by atoms with E-state index < -0.39 is 0 Å². The van der Waals surface area contributed by atoms with Gasteiger partial charge in [0.2, 0.25) is 5.95 Å². The number of nitrogens with two attached hydrogens (primary N) is 1. The summed E-state index contributed by atoms with van der Waals surface area (Å²) in [6, 6.07) is 1.99. The second-order valence-corrected chi connectivity index (χ2v) is 5.53. The van der Waals surface area contributed by atoms with Crippen molar-refractivity contribution in [2.24, 2.45) is 0 Å². The molecule has 3 rings (SSSR count). The molecule has 1 unspecified atom stereocenters. The van der Waals surface area contributed by atoms with E-state index in [4.69, 9.17) is 22.1 Å². The normalized spacial score (nSPS) is 18.5. The van der Waals surface area contributed by atoms with Crippen molar-refractivity contribution in [3.05, 3.63) is 17.3 Å². The predicted molar refractivity (Wildman–Crippen MR) is 78.9 cm³/mol. The third-order valence-electron chi connectivity index (χ3n) is 3.59. The van der Waals surface area contributed by atoms with Gasteiger partial charge in [-0.1, -0.05) is 11.6 Å². The smallest absolute Gasteiger partial charge is 0.202 e. The lowest BCUT2D eigenvalue weighted by Crippen LogP contribution is -2.39. The van der Waals surface area contributed by atoms with Gasteiger partial charge in [-0.15, -0.1) is 0 Å². The molecule has 1 atom stereocenters. The molecule has 7 heteroatoms. The maximum atomic E-state index is 6.03. The van der Waals surface area contributed by atoms with Crippen LogP contribution in [0.3, 0.4) is 0 Å². The summed E-state index contributed by atoms with van der Waals surface area (Å²) in [6.07, 6.45) is 1.63. The molecule has 108 valence electrons. The molecule has 0 aliphatic carbocycles. The summed E-state index contributed by atoms with van der Waals surface area (Å²) in [6.45, 7) is 6.53. The molecule has 1 aliphatic rings. The Labute approximate surface area is 122 Å². The number of hydrogen-bond donors (Lipinski definition) is 1. The van der Waals surface area contributed by atoms with Crippen LogP contribution < -0.4 is 5.73 Å². The number of imidazole rings is 1. The zero-order valence-corrected chi connectivity index (χ0v) is 12.2. The zero-order chi connectivity index (χ0) is 14.1. The molecule has 2 aromatic rings. The van der Waals surface area contributed by atoms with Gasteiger partial charge in [0.05, 0.1) is 18.2 Å². The van der Waals surface area contributed by atoms with Crippen molar-refractivity contribution in [3.8, 4) is 0 Å². The Morgan fingerprint density at radius 3 is 2.95 bits per heavy atom. The monoisotopic (exact) mass is 295 g/mol. The number of nitrogens with zero attached hydrogens (tertiary/aromatic N) is 4. The summed E-state index contributed by atoms with van der Waals surface area (Å²) in [5, 5.41) is 0.572. The standard InChI is InChI=1S/C13H18ClN5O/c1-9(8-18-2-4-20-5-3-18)19-12-11(17-13(19)15)6-10(14)7-16-12/h6-7,9H,2-5,8H2,1H3,(H2,15,17). The number of halogens is 1. The van der Waals surface area contributed by atoms with Crippen molar-refractivity contribution < 1.29 is 4.74 Å². The molecule has 0 saturated carbocycles. The number of nitrogen functional groups attached to an aromatic ring is 1. The van der Waals surface area contributed by atoms with E-state index in [0.29, 0.717) is 11.0 Å². The highest BCUT2D eigenvalue weighted by Gasteiger charge is 2.19. The third-order valence-corrected chi connectivity index (χ3v) is 3.80. The molecule has 6 nitrogen and oxygen atoms in total. The predicted octanol–water partition coefficient (Wildman–Crippen LogP) is 1.56. The number of morpholine rings is 1. The average Bonchev–Trinajstić information content (AvgIpc) is 2.74. The Morgan fingerprint density at radius 1 is 1.45 bits per heavy atom. The third kappa shape index (κ3) is 2.59. The fourth-order valence-electron chi connectivity index (χ4n) is 2.65. The Morgan fingerprint density at radius 2 is 2.20 bits per heavy atom. The summed E-state index contributed by atoms with van der Waals surface area (Å²) >= 11 is 5.94. The van der Waals surface area contributed by atoms with Crippen molar-refractivity contribution in [2.75, 3.05) is 38.6 Å². The number of rotatable bonds is 3. The number of aromatic nitrogens is 3. The van der Waals surface area contributed by atoms with Gasteiger partial charge >= 0.3 is 0 Å². The van der Waals surface area contributed by atoms with Crippen LogP contribution >= 0.6 is 11.6 Å². The molecular weight excluding hydrogens is 278 g/mol. The van der Waals surface area contributed by atoms with Crippen LogP contribution in [-0.4, -0.2) is 52.3 Å². The molecule has 0 bridgehead atoms. The van der Waals surface area contributed by atoms with Crippen LogP contribution in [0.1, 0.15) is 13.0 Å². The number of ether oxygens (including phenoxy) is 1. The second-order valence-electron chi connectivity index (χ2n) is 5.10. The number of pyridine rings is 1. The number of anilines is 1. The summed E-state index contributed by atoms with van der Waals surface area (Å²) in [5.74, 6) is 0.482. The van der Waals surface area contributed by atoms with E-state index in [1.807, 2.05) is 4.57 Å². The van der Waals surface area contributed by atoms with Gasteiger partial charge in [0, 0.05) is 31.9 Å². The van der Waals surface area contributed by atoms with E-state index in [-0.39, 0.29) is 6.04 Å². The first-order valence-electron chi connectivity index (χ1n) is 6.74. The maximum absolute atomic E-state index is 6.03. The Balaban J connectivity index is 1.86. The van der Waals surface area contributed by atoms with Crippen LogP contribution in [0.4, 0.5) is 5.95 Å². The molecule has 1 saturated heterocycles. The molecule has 3 heterocycles. The van der Waals surface area contributed by atoms with Gasteiger partial charge in [0.15, 0.2) is 5.65 Å². The molecule has 20 heavy (non-hydrogen) atoms. The fraction of sp³-hybridized carbons (Fsp3) is 0.538. The Kier molecular flexibility index (Phi) is 3.78. The SMILES string of the molecule is CC(CN1CCOCC1)n1c(N)nc2cc(Cl)cnc21. The highest BCUT2D eigenvalue weighted by molar-refractivity contribution is 6.31. The zero-order valence-electron chi connectivity index (χ0n) is 11.4. The molecule has 0 amide bonds. The molecule has 2 N–H and O–H groups in total. The first kappa shape index (κ1) is 13.6. The van der Waals surface area contributed by atoms with Crippen LogP contribution in [0, 0.1) is 0 Å². The van der Waals surface area contributed by atoms with Gasteiger partial charge in [0.25, 0.3) is 0 Å². The van der Waals surface area contributed by atoms with E-state index in [9.17, 15) is 0 Å². The van der Waals surface area contributed by atoms with E-state index >= 15 is 0 Å². The van der Waals surface area contributed by atoms with Crippen LogP contribution in [0.15, 0.2) is 12.3 Å². The Hall–Kier alpha value is -1.37. The van der Waals surface area contributed by atoms with Crippen molar-refractivity contribution >= 4 is 28.7 Å². The van der Waals surface area contributed by atoms with Crippen LogP contribution in [0.5, 0.6) is 0 Å². The van der Waals surface area contributed by atoms with E-state index in [2.05, 4.69) is 21.8 Å². The lowest BCUT2D eigenvalue weighted by atomic mass is 10.2. The lowest BCUT2D eigenvalue weighted by Gasteiger charge is -2.29. The second kappa shape index (κ2) is 5.55. The van der Waals surface area contributed by atoms with Crippen molar-refractivity contribution in [1.82, 2.24) is 19.4 Å². The van der Waals surface area contributed by atoms with E-state index in [1.165, 1.54) is 0 Å². The van der Waals surface area contributed by atoms with Crippen LogP contribution in [-0.2, 0) is 4.74 Å². The van der Waals surface area contributed by atoms with E-state index in [1.54, 1.807) is 12.3 Å². The summed E-state index contributed by atoms with van der Waals surface area (Å²) in [4.78, 5) is 11.1. The molecule has 1 aliphatic heterocycles. The minimum absolute atomic E-state index is 0.201. The summed E-state index contributed by atoms with van der Waals surface area (Å²) in [5.41, 5.74) is 7.56. The average molecular weight is 296 g/mol. The highest BCUT2D eigenvalue weighted by atomic mass is 35.5. The Bertz CT molecular complexity index is 608. The number of fused-ring (bicyclic) bond motifs is 1. The van der Waals surface area contributed by atoms with Gasteiger partial charge in [-0.3, -0.25) is 9.47 Å². The van der Waals surface area contributed by atoms with E-state index in [0.717, 1.165) is 44.0 Å². The molecule has 0 aromatic carbocycles. The first-order valence-corrected chi connectivity index (χ1v) is 7.12. The van der Waals surface area contributed by atoms with Gasteiger partial charge in [0.1, 0.15) is 5.52 Å². The minimum atomic E-state index is 0.201. The molecular formula is C13H18ClN5O. The topological polar surface area (TPSA) is 69.2 Å². The van der Waals surface area contributed by atoms with Gasteiger partial charge in [-0.25, -0.2) is 9.97 Å². The molecule has 2 aromatic heterocycles. The van der Waals surface area contributed by atoms with Crippen molar-refractivity contribution in [1.29, 1.82) is 0 Å². The first-order chi connectivity index (χ1) is 9.65. The number of hydrogen-bond acceptors (Lipinski definition) is 5. The van der Waals surface area contributed by atoms with Crippen LogP contribution in [0.2, 0.25) is 5.02 Å². The lowest BCUT2D eigenvalue weighted by molar-refractivity contribution is 0.0328. The molecule has 0 radical (unpaired) electrons. The fourth-order valence-corrected chi connectivity index (χ4v) is 2.80. The van der Waals surface area contributed by atoms with Crippen molar-refractivity contribution in [3.63, 3.8) is 0 Å². The minimum Gasteiger partial charge on any atom is -0.379 e.